The average Bonchev–Trinajstić information content (AvgIpc) is 2.61. The number of hydrogen-bond acceptors (Lipinski definition) is 6. The Balaban J connectivity index is 0.000000571. The normalized spacial score (nSPS) is 12.1. The van der Waals surface area contributed by atoms with Crippen molar-refractivity contribution in [1.82, 2.24) is 5.32 Å². The maximum Gasteiger partial charge on any atom is 0.328 e. The van der Waals surface area contributed by atoms with E-state index in [9.17, 15) is 24.0 Å². The number of imide groups is 1. The van der Waals surface area contributed by atoms with E-state index in [0.717, 1.165) is 5.56 Å². The zero-order chi connectivity index (χ0) is 22.6. The monoisotopic (exact) mass is 406 g/mol. The predicted octanol–water partition coefficient (Wildman–Crippen LogP) is 0.332. The van der Waals surface area contributed by atoms with E-state index in [4.69, 9.17) is 21.1 Å². The van der Waals surface area contributed by atoms with Crippen LogP contribution in [-0.4, -0.2) is 51.1 Å². The van der Waals surface area contributed by atoms with Crippen molar-refractivity contribution in [2.24, 2.45) is 5.73 Å². The van der Waals surface area contributed by atoms with Crippen LogP contribution in [-0.2, 0) is 30.4 Å². The fourth-order valence-corrected chi connectivity index (χ4v) is 1.76. The van der Waals surface area contributed by atoms with Gasteiger partial charge in [0.1, 0.15) is 6.04 Å². The highest BCUT2D eigenvalue weighted by Crippen LogP contribution is 2.01. The molecule has 156 valence electrons. The van der Waals surface area contributed by atoms with Gasteiger partial charge in [0.05, 0.1) is 0 Å². The zero-order valence-corrected chi connectivity index (χ0v) is 15.8. The van der Waals surface area contributed by atoms with E-state index in [-0.39, 0.29) is 11.1 Å². The summed E-state index contributed by atoms with van der Waals surface area (Å²) in [7, 11) is 0. The molecule has 0 saturated carbocycles. The molecule has 1 atom stereocenters. The minimum absolute atomic E-state index is 0.172. The Hall–Kier alpha value is -3.79. The molecule has 1 aromatic carbocycles. The Morgan fingerprint density at radius 2 is 1.31 bits per heavy atom. The van der Waals surface area contributed by atoms with Gasteiger partial charge in [-0.3, -0.25) is 19.7 Å². The van der Waals surface area contributed by atoms with Crippen LogP contribution in [0.5, 0.6) is 0 Å². The number of benzene rings is 1. The minimum atomic E-state index is -1.32. The summed E-state index contributed by atoms with van der Waals surface area (Å²) in [5, 5.41) is 27.1. The molecule has 1 aromatic rings. The molecule has 0 unspecified atom stereocenters. The van der Waals surface area contributed by atoms with Gasteiger partial charge < -0.3 is 21.1 Å². The van der Waals surface area contributed by atoms with Crippen LogP contribution in [0.25, 0.3) is 0 Å². The number of carboxylic acids is 3. The van der Waals surface area contributed by atoms with Gasteiger partial charge in [0.2, 0.25) is 0 Å². The van der Waals surface area contributed by atoms with Crippen LogP contribution in [0.1, 0.15) is 19.4 Å². The molecule has 0 aromatic heterocycles. The van der Waals surface area contributed by atoms with Crippen molar-refractivity contribution in [2.75, 3.05) is 0 Å². The van der Waals surface area contributed by atoms with Crippen LogP contribution in [0.4, 0.5) is 0 Å². The zero-order valence-electron chi connectivity index (χ0n) is 15.8. The van der Waals surface area contributed by atoms with Crippen LogP contribution >= 0.6 is 0 Å². The molecular weight excluding hydrogens is 384 g/mol. The fraction of sp³-hybridized carbons (Fsp3) is 0.211. The molecule has 0 heterocycles. The van der Waals surface area contributed by atoms with Gasteiger partial charge in [-0.25, -0.2) is 9.59 Å². The third kappa shape index (κ3) is 11.5. The maximum atomic E-state index is 11.2. The lowest BCUT2D eigenvalue weighted by molar-refractivity contribution is -0.138. The summed E-state index contributed by atoms with van der Waals surface area (Å²) in [5.74, 6) is -5.38. The molecule has 0 aliphatic rings. The number of carboxylic acid groups (broad SMARTS) is 3. The topological polar surface area (TPSA) is 184 Å². The second kappa shape index (κ2) is 12.6. The Bertz CT molecular complexity index is 788. The van der Waals surface area contributed by atoms with Gasteiger partial charge in [0, 0.05) is 23.3 Å². The van der Waals surface area contributed by atoms with E-state index < -0.39 is 35.8 Å². The van der Waals surface area contributed by atoms with Crippen LogP contribution in [0.2, 0.25) is 0 Å². The second-order valence-electron chi connectivity index (χ2n) is 5.75. The Kier molecular flexibility index (Phi) is 10.9. The number of nitrogens with one attached hydrogen (secondary N) is 1. The number of amides is 2. The molecule has 0 aliphatic carbocycles. The molecule has 10 heteroatoms. The van der Waals surface area contributed by atoms with E-state index in [0.29, 0.717) is 18.6 Å². The van der Waals surface area contributed by atoms with Gasteiger partial charge in [0.15, 0.2) is 0 Å². The number of rotatable bonds is 7. The minimum Gasteiger partial charge on any atom is -0.480 e. The highest BCUT2D eigenvalue weighted by molar-refractivity contribution is 6.11. The molecule has 0 spiro atoms. The van der Waals surface area contributed by atoms with Crippen LogP contribution < -0.4 is 11.1 Å². The van der Waals surface area contributed by atoms with Crippen LogP contribution in [0.15, 0.2) is 53.6 Å². The number of nitrogens with two attached hydrogens (primary N) is 1. The molecule has 2 amide bonds. The van der Waals surface area contributed by atoms with Crippen molar-refractivity contribution in [3.05, 3.63) is 59.2 Å². The van der Waals surface area contributed by atoms with Crippen molar-refractivity contribution < 1.29 is 39.3 Å². The Labute approximate surface area is 166 Å². The molecular formula is C19H22N2O8. The van der Waals surface area contributed by atoms with E-state index >= 15 is 0 Å². The smallest absolute Gasteiger partial charge is 0.328 e. The average molecular weight is 406 g/mol. The highest BCUT2D eigenvalue weighted by Gasteiger charge is 2.13. The summed E-state index contributed by atoms with van der Waals surface area (Å²) >= 11 is 0. The third-order valence-electron chi connectivity index (χ3n) is 3.24. The van der Waals surface area contributed by atoms with Gasteiger partial charge in [-0.1, -0.05) is 30.3 Å². The Morgan fingerprint density at radius 1 is 0.897 bits per heavy atom. The van der Waals surface area contributed by atoms with E-state index in [2.05, 4.69) is 0 Å². The fourth-order valence-electron chi connectivity index (χ4n) is 1.76. The van der Waals surface area contributed by atoms with E-state index in [1.807, 2.05) is 35.6 Å². The molecule has 0 radical (unpaired) electrons. The number of aliphatic carboxylic acids is 3. The summed E-state index contributed by atoms with van der Waals surface area (Å²) in [4.78, 5) is 53.4. The number of hydrogen-bond donors (Lipinski definition) is 5. The summed E-state index contributed by atoms with van der Waals surface area (Å²) in [6, 6.07) is 8.54. The lowest BCUT2D eigenvalue weighted by Gasteiger charge is -2.04. The largest absolute Gasteiger partial charge is 0.480 e. The van der Waals surface area contributed by atoms with Crippen molar-refractivity contribution in [2.45, 2.75) is 26.3 Å². The quantitative estimate of drug-likeness (QED) is 0.398. The van der Waals surface area contributed by atoms with Crippen molar-refractivity contribution in [1.29, 1.82) is 0 Å². The van der Waals surface area contributed by atoms with Gasteiger partial charge >= 0.3 is 17.9 Å². The van der Waals surface area contributed by atoms with Crippen molar-refractivity contribution in [3.63, 3.8) is 0 Å². The first kappa shape index (κ1) is 25.2. The highest BCUT2D eigenvalue weighted by atomic mass is 16.4. The first-order valence-electron chi connectivity index (χ1n) is 8.14. The summed E-state index contributed by atoms with van der Waals surface area (Å²) in [6.07, 6.45) is 1.66. The van der Waals surface area contributed by atoms with Gasteiger partial charge in [0.25, 0.3) is 11.8 Å². The third-order valence-corrected chi connectivity index (χ3v) is 3.24. The van der Waals surface area contributed by atoms with E-state index in [1.165, 1.54) is 13.8 Å². The van der Waals surface area contributed by atoms with Crippen molar-refractivity contribution in [3.8, 4) is 0 Å². The first-order valence-corrected chi connectivity index (χ1v) is 8.14. The molecule has 0 saturated heterocycles. The molecule has 29 heavy (non-hydrogen) atoms. The molecule has 0 fully saturated rings. The van der Waals surface area contributed by atoms with Gasteiger partial charge in [-0.15, -0.1) is 0 Å². The number of carbonyl (C=O) groups is 5. The summed E-state index contributed by atoms with van der Waals surface area (Å²) in [5.41, 5.74) is 5.96. The predicted molar refractivity (Wildman–Crippen MR) is 102 cm³/mol. The standard InChI is InChI=1S/C10H11NO6.C9H11NO2/c1-5(3-7(12)13)9(16)11-10(17)6(2)4-8(14)15;10-8(9(11)12)6-7-4-2-1-3-5-7/h3-4H,1-2H3,(H,12,13)(H,14,15)(H,11,16,17);1-5,8H,6,10H2,(H,11,12)/b5-3-,6-4-;/t;8-/m.0/s1. The van der Waals surface area contributed by atoms with E-state index in [1.54, 1.807) is 0 Å². The first-order chi connectivity index (χ1) is 13.4. The summed E-state index contributed by atoms with van der Waals surface area (Å²) in [6.45, 7) is 2.43. The Morgan fingerprint density at radius 3 is 1.66 bits per heavy atom. The molecule has 0 bridgehead atoms. The second-order valence-corrected chi connectivity index (χ2v) is 5.75. The maximum absolute atomic E-state index is 11.2. The lowest BCUT2D eigenvalue weighted by Crippen LogP contribution is -2.32. The van der Waals surface area contributed by atoms with Gasteiger partial charge in [-0.05, 0) is 25.8 Å². The summed E-state index contributed by atoms with van der Waals surface area (Å²) < 4.78 is 0. The molecule has 10 nitrogen and oxygen atoms in total. The molecule has 0 aliphatic heterocycles. The number of carbonyl (C=O) groups excluding carboxylic acids is 2. The van der Waals surface area contributed by atoms with Gasteiger partial charge in [-0.2, -0.15) is 0 Å². The SMILES string of the molecule is C/C(=C/C(=O)O)C(=O)NC(=O)/C(C)=C\C(=O)O.N[C@@H](Cc1ccccc1)C(=O)O. The van der Waals surface area contributed by atoms with Crippen molar-refractivity contribution >= 4 is 29.7 Å². The molecule has 1 rings (SSSR count). The van der Waals surface area contributed by atoms with Crippen LogP contribution in [0.3, 0.4) is 0 Å². The lowest BCUT2D eigenvalue weighted by atomic mass is 10.1. The van der Waals surface area contributed by atoms with Crippen LogP contribution in [0, 0.1) is 0 Å². The molecule has 6 N–H and O–H groups in total.